The van der Waals surface area contributed by atoms with Crippen LogP contribution in [0.25, 0.3) is 0 Å². The van der Waals surface area contributed by atoms with Gasteiger partial charge in [0, 0.05) is 19.3 Å². The van der Waals surface area contributed by atoms with Crippen molar-refractivity contribution in [3.05, 3.63) is 66.0 Å². The molecule has 0 spiro atoms. The average Bonchev–Trinajstić information content (AvgIpc) is 2.45. The molecule has 2 aromatic rings. The van der Waals surface area contributed by atoms with E-state index in [1.165, 1.54) is 0 Å². The van der Waals surface area contributed by atoms with Gasteiger partial charge in [-0.2, -0.15) is 0 Å². The number of hydrogen-bond acceptors (Lipinski definition) is 3. The maximum absolute atomic E-state index is 11.3. The van der Waals surface area contributed by atoms with Gasteiger partial charge in [-0.3, -0.25) is 9.78 Å². The first-order valence-corrected chi connectivity index (χ1v) is 6.16. The van der Waals surface area contributed by atoms with Crippen molar-refractivity contribution >= 4 is 5.97 Å². The molecule has 0 aliphatic heterocycles. The number of hydrogen-bond donors (Lipinski definition) is 2. The van der Waals surface area contributed by atoms with Crippen molar-refractivity contribution < 1.29 is 9.90 Å². The van der Waals surface area contributed by atoms with E-state index in [0.717, 1.165) is 11.3 Å². The monoisotopic (exact) mass is 256 g/mol. The predicted octanol–water partition coefficient (Wildman–Crippen LogP) is 2.04. The summed E-state index contributed by atoms with van der Waals surface area (Å²) in [4.78, 5) is 15.5. The topological polar surface area (TPSA) is 62.2 Å². The maximum Gasteiger partial charge on any atom is 0.312 e. The van der Waals surface area contributed by atoms with Gasteiger partial charge < -0.3 is 10.4 Å². The van der Waals surface area contributed by atoms with Gasteiger partial charge in [0.05, 0.1) is 11.6 Å². The fraction of sp³-hybridized carbons (Fsp3) is 0.200. The van der Waals surface area contributed by atoms with Gasteiger partial charge in [0.2, 0.25) is 0 Å². The third kappa shape index (κ3) is 3.89. The lowest BCUT2D eigenvalue weighted by Crippen LogP contribution is -2.26. The highest BCUT2D eigenvalue weighted by atomic mass is 16.4. The Labute approximate surface area is 112 Å². The van der Waals surface area contributed by atoms with E-state index in [-0.39, 0.29) is 0 Å². The molecular formula is C15H16N2O2. The Kier molecular flexibility index (Phi) is 4.64. The molecule has 2 rings (SSSR count). The second-order valence-electron chi connectivity index (χ2n) is 4.25. The minimum atomic E-state index is -0.820. The van der Waals surface area contributed by atoms with Crippen molar-refractivity contribution in [1.82, 2.24) is 10.3 Å². The fourth-order valence-electron chi connectivity index (χ4n) is 1.88. The molecule has 0 bridgehead atoms. The molecule has 98 valence electrons. The predicted molar refractivity (Wildman–Crippen MR) is 72.8 cm³/mol. The van der Waals surface area contributed by atoms with Crippen LogP contribution in [0.4, 0.5) is 0 Å². The summed E-state index contributed by atoms with van der Waals surface area (Å²) in [5.41, 5.74) is 1.71. The first kappa shape index (κ1) is 13.2. The standard InChI is InChI=1S/C15H16N2O2/c18-15(19)14(12-6-2-1-3-7-12)11-16-10-13-8-4-5-9-17-13/h1-9,14,16H,10-11H2,(H,18,19). The Morgan fingerprint density at radius 2 is 1.89 bits per heavy atom. The number of rotatable bonds is 6. The first-order valence-electron chi connectivity index (χ1n) is 6.16. The fourth-order valence-corrected chi connectivity index (χ4v) is 1.88. The van der Waals surface area contributed by atoms with Gasteiger partial charge >= 0.3 is 5.97 Å². The summed E-state index contributed by atoms with van der Waals surface area (Å²) in [6.45, 7) is 0.952. The van der Waals surface area contributed by atoms with Crippen LogP contribution in [0, 0.1) is 0 Å². The Morgan fingerprint density at radius 1 is 1.16 bits per heavy atom. The van der Waals surface area contributed by atoms with Crippen molar-refractivity contribution in [2.45, 2.75) is 12.5 Å². The highest BCUT2D eigenvalue weighted by molar-refractivity contribution is 5.76. The average molecular weight is 256 g/mol. The van der Waals surface area contributed by atoms with Crippen LogP contribution in [0.1, 0.15) is 17.2 Å². The van der Waals surface area contributed by atoms with E-state index in [0.29, 0.717) is 13.1 Å². The summed E-state index contributed by atoms with van der Waals surface area (Å²) >= 11 is 0. The van der Waals surface area contributed by atoms with Gasteiger partial charge in [-0.1, -0.05) is 36.4 Å². The molecule has 0 aliphatic rings. The van der Waals surface area contributed by atoms with Crippen LogP contribution in [-0.4, -0.2) is 22.6 Å². The van der Waals surface area contributed by atoms with Crippen molar-refractivity contribution in [1.29, 1.82) is 0 Å². The Balaban J connectivity index is 1.94. The molecule has 1 atom stereocenters. The third-order valence-corrected chi connectivity index (χ3v) is 2.88. The number of benzene rings is 1. The van der Waals surface area contributed by atoms with Crippen molar-refractivity contribution in [2.75, 3.05) is 6.54 Å². The van der Waals surface area contributed by atoms with Gasteiger partial charge in [-0.15, -0.1) is 0 Å². The van der Waals surface area contributed by atoms with Crippen LogP contribution in [-0.2, 0) is 11.3 Å². The normalized spacial score (nSPS) is 12.0. The number of carboxylic acids is 1. The minimum Gasteiger partial charge on any atom is -0.481 e. The molecule has 0 fully saturated rings. The minimum absolute atomic E-state index is 0.385. The van der Waals surface area contributed by atoms with Gasteiger partial charge in [0.25, 0.3) is 0 Å². The molecule has 4 nitrogen and oxygen atoms in total. The summed E-state index contributed by atoms with van der Waals surface area (Å²) in [5.74, 6) is -1.36. The quantitative estimate of drug-likeness (QED) is 0.830. The molecule has 0 saturated carbocycles. The lowest BCUT2D eigenvalue weighted by atomic mass is 9.99. The van der Waals surface area contributed by atoms with Crippen LogP contribution in [0.3, 0.4) is 0 Å². The molecule has 0 radical (unpaired) electrons. The molecule has 0 saturated heterocycles. The van der Waals surface area contributed by atoms with Gasteiger partial charge in [-0.25, -0.2) is 0 Å². The molecule has 2 N–H and O–H groups in total. The van der Waals surface area contributed by atoms with E-state index >= 15 is 0 Å². The zero-order valence-corrected chi connectivity index (χ0v) is 10.5. The third-order valence-electron chi connectivity index (χ3n) is 2.88. The number of aromatic nitrogens is 1. The number of nitrogens with one attached hydrogen (secondary N) is 1. The summed E-state index contributed by atoms with van der Waals surface area (Å²) in [5, 5.41) is 12.4. The van der Waals surface area contributed by atoms with Crippen LogP contribution in [0.2, 0.25) is 0 Å². The number of carboxylic acid groups (broad SMARTS) is 1. The van der Waals surface area contributed by atoms with E-state index in [2.05, 4.69) is 10.3 Å². The van der Waals surface area contributed by atoms with Gasteiger partial charge in [-0.05, 0) is 17.7 Å². The molecule has 19 heavy (non-hydrogen) atoms. The molecule has 1 aromatic carbocycles. The lowest BCUT2D eigenvalue weighted by molar-refractivity contribution is -0.138. The smallest absolute Gasteiger partial charge is 0.312 e. The SMILES string of the molecule is O=C(O)C(CNCc1ccccn1)c1ccccc1. The molecule has 1 unspecified atom stereocenters. The lowest BCUT2D eigenvalue weighted by Gasteiger charge is -2.13. The van der Waals surface area contributed by atoms with E-state index in [4.69, 9.17) is 0 Å². The Hall–Kier alpha value is -2.20. The largest absolute Gasteiger partial charge is 0.481 e. The molecule has 0 aliphatic carbocycles. The first-order chi connectivity index (χ1) is 9.27. The van der Waals surface area contributed by atoms with Crippen molar-refractivity contribution in [3.63, 3.8) is 0 Å². The number of carbonyl (C=O) groups is 1. The van der Waals surface area contributed by atoms with E-state index in [1.54, 1.807) is 6.20 Å². The highest BCUT2D eigenvalue weighted by Crippen LogP contribution is 2.14. The van der Waals surface area contributed by atoms with E-state index < -0.39 is 11.9 Å². The molecule has 0 amide bonds. The Bertz CT molecular complexity index is 514. The van der Waals surface area contributed by atoms with Gasteiger partial charge in [0.1, 0.15) is 0 Å². The highest BCUT2D eigenvalue weighted by Gasteiger charge is 2.18. The van der Waals surface area contributed by atoms with Crippen LogP contribution < -0.4 is 5.32 Å². The van der Waals surface area contributed by atoms with Crippen LogP contribution in [0.15, 0.2) is 54.7 Å². The van der Waals surface area contributed by atoms with Crippen molar-refractivity contribution in [2.24, 2.45) is 0 Å². The van der Waals surface area contributed by atoms with Crippen LogP contribution >= 0.6 is 0 Å². The van der Waals surface area contributed by atoms with Crippen molar-refractivity contribution in [3.8, 4) is 0 Å². The maximum atomic E-state index is 11.3. The molecule has 4 heteroatoms. The zero-order valence-electron chi connectivity index (χ0n) is 10.5. The van der Waals surface area contributed by atoms with Gasteiger partial charge in [0.15, 0.2) is 0 Å². The van der Waals surface area contributed by atoms with Crippen LogP contribution in [0.5, 0.6) is 0 Å². The zero-order chi connectivity index (χ0) is 13.5. The summed E-state index contributed by atoms with van der Waals surface area (Å²) < 4.78 is 0. The number of aliphatic carboxylic acids is 1. The number of nitrogens with zero attached hydrogens (tertiary/aromatic N) is 1. The summed E-state index contributed by atoms with van der Waals surface area (Å²) in [7, 11) is 0. The Morgan fingerprint density at radius 3 is 2.53 bits per heavy atom. The summed E-state index contributed by atoms with van der Waals surface area (Å²) in [6.07, 6.45) is 1.73. The molecular weight excluding hydrogens is 240 g/mol. The summed E-state index contributed by atoms with van der Waals surface area (Å²) in [6, 6.07) is 14.9. The second-order valence-corrected chi connectivity index (χ2v) is 4.25. The second kappa shape index (κ2) is 6.66. The number of pyridine rings is 1. The molecule has 1 aromatic heterocycles. The van der Waals surface area contributed by atoms with E-state index in [9.17, 15) is 9.90 Å². The molecule has 1 heterocycles. The van der Waals surface area contributed by atoms with E-state index in [1.807, 2.05) is 48.5 Å².